The smallest absolute Gasteiger partial charge is 0.211 e. The zero-order chi connectivity index (χ0) is 24.3. The molecule has 174 valence electrons. The van der Waals surface area contributed by atoms with Gasteiger partial charge in [0.05, 0.1) is 17.7 Å². The summed E-state index contributed by atoms with van der Waals surface area (Å²) in [5, 5.41) is 3.55. The molecule has 6 nitrogen and oxygen atoms in total. The van der Waals surface area contributed by atoms with Crippen molar-refractivity contribution in [3.63, 3.8) is 0 Å². The topological polar surface area (TPSA) is 98.5 Å². The van der Waals surface area contributed by atoms with Gasteiger partial charge in [-0.2, -0.15) is 0 Å². The first-order chi connectivity index (χ1) is 16.4. The molecule has 1 heterocycles. The Balaban J connectivity index is 1.87. The summed E-state index contributed by atoms with van der Waals surface area (Å²) in [4.78, 5) is 13.5. The fourth-order valence-electron chi connectivity index (χ4n) is 3.61. The molecule has 4 rings (SSSR count). The number of nitrogens with two attached hydrogens (primary N) is 1. The molecule has 0 saturated heterocycles. The summed E-state index contributed by atoms with van der Waals surface area (Å²) in [6.45, 7) is 2.02. The maximum absolute atomic E-state index is 13.6. The van der Waals surface area contributed by atoms with Gasteiger partial charge in [0.2, 0.25) is 15.6 Å². The van der Waals surface area contributed by atoms with Gasteiger partial charge in [-0.1, -0.05) is 43.3 Å². The molecule has 4 aromatic rings. The molecule has 0 fully saturated rings. The van der Waals surface area contributed by atoms with Gasteiger partial charge in [-0.15, -0.1) is 11.3 Å². The molecular weight excluding hydrogens is 468 g/mol. The van der Waals surface area contributed by atoms with Gasteiger partial charge in [0.15, 0.2) is 0 Å². The molecule has 34 heavy (non-hydrogen) atoms. The van der Waals surface area contributed by atoms with Gasteiger partial charge >= 0.3 is 0 Å². The third-order valence-corrected chi connectivity index (χ3v) is 8.53. The summed E-state index contributed by atoms with van der Waals surface area (Å²) < 4.78 is 32.4. The zero-order valence-corrected chi connectivity index (χ0v) is 20.4. The number of ketones is 1. The normalized spacial score (nSPS) is 11.2. The number of rotatable bonds is 8. The number of carbonyl (C=O) groups excluding carboxylic acids is 1. The van der Waals surface area contributed by atoms with Crippen LogP contribution in [0.15, 0.2) is 88.7 Å². The van der Waals surface area contributed by atoms with E-state index in [0.717, 1.165) is 29.0 Å². The van der Waals surface area contributed by atoms with E-state index in [-0.39, 0.29) is 26.1 Å². The van der Waals surface area contributed by atoms with Crippen LogP contribution in [0.5, 0.6) is 5.75 Å². The average molecular weight is 493 g/mol. The maximum atomic E-state index is 13.6. The Morgan fingerprint density at radius 1 is 0.971 bits per heavy atom. The number of aryl methyl sites for hydroxylation is 1. The van der Waals surface area contributed by atoms with E-state index in [9.17, 15) is 13.2 Å². The van der Waals surface area contributed by atoms with Crippen molar-refractivity contribution in [2.24, 2.45) is 0 Å². The summed E-state index contributed by atoms with van der Waals surface area (Å²) in [7, 11) is -2.45. The largest absolute Gasteiger partial charge is 0.497 e. The second-order valence-electron chi connectivity index (χ2n) is 7.51. The number of hydrogen-bond acceptors (Lipinski definition) is 7. The third kappa shape index (κ3) is 4.42. The second-order valence-corrected chi connectivity index (χ2v) is 10.4. The lowest BCUT2D eigenvalue weighted by molar-refractivity contribution is 0.104. The van der Waals surface area contributed by atoms with E-state index in [4.69, 9.17) is 10.5 Å². The molecule has 3 aromatic carbocycles. The maximum Gasteiger partial charge on any atom is 0.211 e. The van der Waals surface area contributed by atoms with Crippen molar-refractivity contribution < 1.29 is 17.9 Å². The number of sulfone groups is 1. The number of ether oxygens (including phenoxy) is 1. The number of para-hydroxylation sites is 1. The van der Waals surface area contributed by atoms with E-state index in [1.807, 2.05) is 31.2 Å². The molecule has 8 heteroatoms. The summed E-state index contributed by atoms with van der Waals surface area (Å²) in [6.07, 6.45) is 0.752. The predicted molar refractivity (Wildman–Crippen MR) is 136 cm³/mol. The fourth-order valence-corrected chi connectivity index (χ4v) is 6.56. The number of anilines is 3. The zero-order valence-electron chi connectivity index (χ0n) is 18.7. The third-order valence-electron chi connectivity index (χ3n) is 5.43. The highest BCUT2D eigenvalue weighted by molar-refractivity contribution is 7.92. The van der Waals surface area contributed by atoms with E-state index in [0.29, 0.717) is 16.3 Å². The van der Waals surface area contributed by atoms with Crippen molar-refractivity contribution in [1.82, 2.24) is 0 Å². The van der Waals surface area contributed by atoms with Crippen LogP contribution in [0, 0.1) is 0 Å². The predicted octanol–water partition coefficient (Wildman–Crippen LogP) is 5.71. The Kier molecular flexibility index (Phi) is 6.72. The first-order valence-corrected chi connectivity index (χ1v) is 12.9. The summed E-state index contributed by atoms with van der Waals surface area (Å²) in [5.74, 6) is 0.257. The minimum absolute atomic E-state index is 0.0637. The number of nitrogen functional groups attached to an aromatic ring is 1. The van der Waals surface area contributed by atoms with Crippen LogP contribution in [0.2, 0.25) is 0 Å². The van der Waals surface area contributed by atoms with Gasteiger partial charge in [-0.3, -0.25) is 4.79 Å². The monoisotopic (exact) mass is 492 g/mol. The van der Waals surface area contributed by atoms with Crippen molar-refractivity contribution in [2.75, 3.05) is 18.2 Å². The lowest BCUT2D eigenvalue weighted by Gasteiger charge is -2.12. The Morgan fingerprint density at radius 3 is 2.26 bits per heavy atom. The molecular formula is C26H24N2O4S2. The molecule has 0 aliphatic rings. The van der Waals surface area contributed by atoms with Crippen LogP contribution < -0.4 is 15.8 Å². The summed E-state index contributed by atoms with van der Waals surface area (Å²) >= 11 is 1.04. The number of hydrogen-bond donors (Lipinski definition) is 2. The van der Waals surface area contributed by atoms with E-state index >= 15 is 0 Å². The van der Waals surface area contributed by atoms with Crippen molar-refractivity contribution in [2.45, 2.75) is 23.1 Å². The first kappa shape index (κ1) is 23.5. The van der Waals surface area contributed by atoms with E-state index in [1.165, 1.54) is 12.1 Å². The van der Waals surface area contributed by atoms with Crippen LogP contribution in [0.1, 0.15) is 27.7 Å². The molecule has 1 aromatic heterocycles. The quantitative estimate of drug-likeness (QED) is 0.306. The van der Waals surface area contributed by atoms with Gasteiger partial charge in [0.1, 0.15) is 20.5 Å². The minimum Gasteiger partial charge on any atom is -0.497 e. The van der Waals surface area contributed by atoms with Gasteiger partial charge in [-0.25, -0.2) is 8.42 Å². The Labute approximate surface area is 202 Å². The van der Waals surface area contributed by atoms with Crippen LogP contribution in [-0.2, 0) is 16.3 Å². The number of thiophene rings is 1. The Morgan fingerprint density at radius 2 is 1.62 bits per heavy atom. The van der Waals surface area contributed by atoms with Crippen LogP contribution >= 0.6 is 11.3 Å². The average Bonchev–Trinajstić information content (AvgIpc) is 3.20. The van der Waals surface area contributed by atoms with Crippen LogP contribution in [-0.4, -0.2) is 21.3 Å². The molecule has 0 aliphatic carbocycles. The number of benzene rings is 3. The van der Waals surface area contributed by atoms with Crippen molar-refractivity contribution in [3.05, 3.63) is 94.9 Å². The van der Waals surface area contributed by atoms with Crippen molar-refractivity contribution >= 4 is 43.3 Å². The fraction of sp³-hybridized carbons (Fsp3) is 0.115. The van der Waals surface area contributed by atoms with E-state index in [1.54, 1.807) is 49.6 Å². The summed E-state index contributed by atoms with van der Waals surface area (Å²) in [5.41, 5.74) is 8.49. The van der Waals surface area contributed by atoms with Gasteiger partial charge < -0.3 is 15.8 Å². The molecule has 0 atom stereocenters. The highest BCUT2D eigenvalue weighted by Crippen LogP contribution is 2.44. The summed E-state index contributed by atoms with van der Waals surface area (Å²) in [6, 6.07) is 22.3. The lowest BCUT2D eigenvalue weighted by atomic mass is 10.1. The SMILES string of the molecule is CCc1ccccc1Nc1sc(C(=O)c2ccc(OC)cc2)c(N)c1S(=O)(=O)c1ccccc1. The molecule has 0 bridgehead atoms. The molecule has 0 radical (unpaired) electrons. The van der Waals surface area contributed by atoms with Crippen LogP contribution in [0.4, 0.5) is 16.4 Å². The highest BCUT2D eigenvalue weighted by Gasteiger charge is 2.31. The number of methoxy groups -OCH3 is 1. The van der Waals surface area contributed by atoms with Crippen LogP contribution in [0.25, 0.3) is 0 Å². The first-order valence-electron chi connectivity index (χ1n) is 10.6. The van der Waals surface area contributed by atoms with Gasteiger partial charge in [0, 0.05) is 11.3 Å². The van der Waals surface area contributed by atoms with Crippen molar-refractivity contribution in [1.29, 1.82) is 0 Å². The minimum atomic E-state index is -3.99. The number of carbonyl (C=O) groups is 1. The standard InChI is InChI=1S/C26H24N2O4S2/c1-3-17-9-7-8-12-21(17)28-26-25(34(30,31)20-10-5-4-6-11-20)22(27)24(33-26)23(29)18-13-15-19(32-2)16-14-18/h4-16,28H,3,27H2,1-2H3. The van der Waals surface area contributed by atoms with Gasteiger partial charge in [0.25, 0.3) is 0 Å². The lowest BCUT2D eigenvalue weighted by Crippen LogP contribution is -2.08. The molecule has 0 aliphatic heterocycles. The molecule has 0 spiro atoms. The number of nitrogens with one attached hydrogen (secondary N) is 1. The molecule has 0 unspecified atom stereocenters. The highest BCUT2D eigenvalue weighted by atomic mass is 32.2. The van der Waals surface area contributed by atoms with E-state index in [2.05, 4.69) is 5.32 Å². The molecule has 0 saturated carbocycles. The second kappa shape index (κ2) is 9.70. The van der Waals surface area contributed by atoms with E-state index < -0.39 is 9.84 Å². The Bertz CT molecular complexity index is 1430. The molecule has 3 N–H and O–H groups in total. The van der Waals surface area contributed by atoms with Crippen molar-refractivity contribution in [3.8, 4) is 5.75 Å². The van der Waals surface area contributed by atoms with Gasteiger partial charge in [-0.05, 0) is 54.4 Å². The molecule has 0 amide bonds. The van der Waals surface area contributed by atoms with Crippen LogP contribution in [0.3, 0.4) is 0 Å². The Hall–Kier alpha value is -3.62.